The lowest BCUT2D eigenvalue weighted by Crippen LogP contribution is -2.41. The van der Waals surface area contributed by atoms with Crippen molar-refractivity contribution in [2.24, 2.45) is 5.92 Å². The smallest absolute Gasteiger partial charge is 0.272 e. The molecule has 0 fully saturated rings. The first-order chi connectivity index (χ1) is 9.29. The Morgan fingerprint density at radius 3 is 2.50 bits per heavy atom. The summed E-state index contributed by atoms with van der Waals surface area (Å²) in [6.07, 6.45) is 0. The minimum Gasteiger partial charge on any atom is -0.308 e. The first kappa shape index (κ1) is 16.5. The van der Waals surface area contributed by atoms with Crippen LogP contribution in [0.5, 0.6) is 0 Å². The molecule has 1 atom stereocenters. The normalized spacial score (nSPS) is 12.9. The van der Waals surface area contributed by atoms with E-state index >= 15 is 0 Å². The Labute approximate surface area is 118 Å². The number of rotatable bonds is 7. The van der Waals surface area contributed by atoms with Gasteiger partial charge in [0.2, 0.25) is 0 Å². The molecule has 0 radical (unpaired) electrons. The molecule has 112 valence electrons. The molecule has 1 N–H and O–H groups in total. The Hall–Kier alpha value is -1.53. The molecule has 0 heterocycles. The highest BCUT2D eigenvalue weighted by Gasteiger charge is 2.15. The van der Waals surface area contributed by atoms with E-state index in [1.165, 1.54) is 12.1 Å². The molecular formula is C14H22FN3O2. The molecule has 0 aliphatic heterocycles. The van der Waals surface area contributed by atoms with Crippen LogP contribution in [-0.4, -0.2) is 36.5 Å². The van der Waals surface area contributed by atoms with E-state index in [1.54, 1.807) is 0 Å². The van der Waals surface area contributed by atoms with Crippen molar-refractivity contribution >= 4 is 5.69 Å². The van der Waals surface area contributed by atoms with Crippen molar-refractivity contribution in [1.82, 2.24) is 10.2 Å². The quantitative estimate of drug-likeness (QED) is 0.616. The van der Waals surface area contributed by atoms with Crippen LogP contribution in [-0.2, 0) is 6.54 Å². The second-order valence-corrected chi connectivity index (χ2v) is 5.57. The summed E-state index contributed by atoms with van der Waals surface area (Å²) in [6, 6.07) is 3.91. The zero-order valence-electron chi connectivity index (χ0n) is 12.4. The summed E-state index contributed by atoms with van der Waals surface area (Å²) in [4.78, 5) is 12.2. The molecule has 1 aromatic rings. The van der Waals surface area contributed by atoms with Gasteiger partial charge in [-0.1, -0.05) is 13.8 Å². The number of nitro benzene ring substituents is 1. The van der Waals surface area contributed by atoms with Crippen molar-refractivity contribution in [3.8, 4) is 0 Å². The maximum atomic E-state index is 13.3. The third kappa shape index (κ3) is 5.22. The van der Waals surface area contributed by atoms with Gasteiger partial charge in [-0.05, 0) is 31.6 Å². The van der Waals surface area contributed by atoms with Gasteiger partial charge >= 0.3 is 0 Å². The van der Waals surface area contributed by atoms with E-state index in [9.17, 15) is 14.5 Å². The van der Waals surface area contributed by atoms with E-state index in [-0.39, 0.29) is 11.7 Å². The monoisotopic (exact) mass is 283 g/mol. The largest absolute Gasteiger partial charge is 0.308 e. The van der Waals surface area contributed by atoms with Crippen molar-refractivity contribution in [2.45, 2.75) is 26.4 Å². The minimum absolute atomic E-state index is 0.212. The molecule has 20 heavy (non-hydrogen) atoms. The van der Waals surface area contributed by atoms with Gasteiger partial charge in [0.25, 0.3) is 5.69 Å². The van der Waals surface area contributed by atoms with Gasteiger partial charge in [0.15, 0.2) is 0 Å². The lowest BCUT2D eigenvalue weighted by atomic mass is 10.0. The minimum atomic E-state index is -0.579. The zero-order chi connectivity index (χ0) is 15.3. The van der Waals surface area contributed by atoms with Crippen LogP contribution in [0.2, 0.25) is 0 Å². The predicted molar refractivity (Wildman–Crippen MR) is 77.1 cm³/mol. The Morgan fingerprint density at radius 2 is 2.00 bits per heavy atom. The summed E-state index contributed by atoms with van der Waals surface area (Å²) in [5.74, 6) is -0.161. The highest BCUT2D eigenvalue weighted by molar-refractivity contribution is 5.35. The Morgan fingerprint density at radius 1 is 1.35 bits per heavy atom. The third-order valence-corrected chi connectivity index (χ3v) is 3.09. The summed E-state index contributed by atoms with van der Waals surface area (Å²) < 4.78 is 13.3. The van der Waals surface area contributed by atoms with E-state index in [2.05, 4.69) is 24.1 Å². The average molecular weight is 283 g/mol. The first-order valence-corrected chi connectivity index (χ1v) is 6.61. The number of nitrogens with zero attached hydrogens (tertiary/aromatic N) is 2. The fourth-order valence-electron chi connectivity index (χ4n) is 1.99. The van der Waals surface area contributed by atoms with Crippen LogP contribution in [0.15, 0.2) is 18.2 Å². The van der Waals surface area contributed by atoms with E-state index < -0.39 is 10.7 Å². The summed E-state index contributed by atoms with van der Waals surface area (Å²) in [5.41, 5.74) is 0.372. The van der Waals surface area contributed by atoms with E-state index in [1.807, 2.05) is 14.1 Å². The zero-order valence-corrected chi connectivity index (χ0v) is 12.4. The van der Waals surface area contributed by atoms with Crippen LogP contribution < -0.4 is 5.32 Å². The van der Waals surface area contributed by atoms with Crippen LogP contribution in [0, 0.1) is 21.8 Å². The van der Waals surface area contributed by atoms with Gasteiger partial charge in [0, 0.05) is 25.2 Å². The molecule has 1 unspecified atom stereocenters. The SMILES string of the molecule is CC(C)C(CN(C)C)NCc1cc(F)cc([N+](=O)[O-])c1. The molecule has 0 spiro atoms. The second-order valence-electron chi connectivity index (χ2n) is 5.57. The number of hydrogen-bond donors (Lipinski definition) is 1. The average Bonchev–Trinajstić information content (AvgIpc) is 2.33. The number of likely N-dealkylation sites (N-methyl/N-ethyl adjacent to an activating group) is 1. The lowest BCUT2D eigenvalue weighted by Gasteiger charge is -2.25. The van der Waals surface area contributed by atoms with Gasteiger partial charge in [0.05, 0.1) is 11.0 Å². The molecule has 0 amide bonds. The summed E-state index contributed by atoms with van der Waals surface area (Å²) in [5, 5.41) is 14.0. The number of nitrogens with one attached hydrogen (secondary N) is 1. The Balaban J connectivity index is 2.75. The molecular weight excluding hydrogens is 261 g/mol. The Kier molecular flexibility index (Phi) is 6.04. The van der Waals surface area contributed by atoms with Crippen LogP contribution in [0.3, 0.4) is 0 Å². The summed E-state index contributed by atoms with van der Waals surface area (Å²) in [6.45, 7) is 5.48. The van der Waals surface area contributed by atoms with Crippen molar-refractivity contribution in [1.29, 1.82) is 0 Å². The topological polar surface area (TPSA) is 58.4 Å². The van der Waals surface area contributed by atoms with Crippen LogP contribution in [0.4, 0.5) is 10.1 Å². The predicted octanol–water partition coefficient (Wildman–Crippen LogP) is 2.41. The van der Waals surface area contributed by atoms with E-state index in [0.717, 1.165) is 12.6 Å². The molecule has 5 nitrogen and oxygen atoms in total. The molecule has 0 aliphatic carbocycles. The van der Waals surface area contributed by atoms with Crippen LogP contribution in [0.1, 0.15) is 19.4 Å². The van der Waals surface area contributed by atoms with Gasteiger partial charge in [0.1, 0.15) is 5.82 Å². The van der Waals surface area contributed by atoms with E-state index in [0.29, 0.717) is 18.0 Å². The third-order valence-electron chi connectivity index (χ3n) is 3.09. The van der Waals surface area contributed by atoms with Crippen molar-refractivity contribution < 1.29 is 9.31 Å². The van der Waals surface area contributed by atoms with Gasteiger partial charge < -0.3 is 10.2 Å². The molecule has 0 bridgehead atoms. The van der Waals surface area contributed by atoms with Crippen molar-refractivity contribution in [2.75, 3.05) is 20.6 Å². The highest BCUT2D eigenvalue weighted by Crippen LogP contribution is 2.16. The summed E-state index contributed by atoms with van der Waals surface area (Å²) in [7, 11) is 3.98. The standard InChI is InChI=1S/C14H22FN3O2/c1-10(2)14(9-17(3)4)16-8-11-5-12(15)7-13(6-11)18(19)20/h5-7,10,14,16H,8-9H2,1-4H3. The number of nitro groups is 1. The fraction of sp³-hybridized carbons (Fsp3) is 0.571. The molecule has 0 aromatic heterocycles. The maximum absolute atomic E-state index is 13.3. The summed E-state index contributed by atoms with van der Waals surface area (Å²) >= 11 is 0. The molecule has 1 aromatic carbocycles. The lowest BCUT2D eigenvalue weighted by molar-refractivity contribution is -0.385. The van der Waals surface area contributed by atoms with Gasteiger partial charge in [-0.2, -0.15) is 0 Å². The molecule has 6 heteroatoms. The molecule has 0 saturated carbocycles. The maximum Gasteiger partial charge on any atom is 0.272 e. The highest BCUT2D eigenvalue weighted by atomic mass is 19.1. The van der Waals surface area contributed by atoms with Crippen molar-refractivity contribution in [3.63, 3.8) is 0 Å². The van der Waals surface area contributed by atoms with Crippen LogP contribution >= 0.6 is 0 Å². The first-order valence-electron chi connectivity index (χ1n) is 6.61. The second kappa shape index (κ2) is 7.31. The van der Waals surface area contributed by atoms with Gasteiger partial charge in [-0.25, -0.2) is 4.39 Å². The Bertz CT molecular complexity index is 464. The molecule has 0 saturated heterocycles. The molecule has 0 aliphatic rings. The number of hydrogen-bond acceptors (Lipinski definition) is 4. The van der Waals surface area contributed by atoms with E-state index in [4.69, 9.17) is 0 Å². The molecule has 1 rings (SSSR count). The number of benzene rings is 1. The fourth-order valence-corrected chi connectivity index (χ4v) is 1.99. The van der Waals surface area contributed by atoms with Crippen molar-refractivity contribution in [3.05, 3.63) is 39.7 Å². The number of halogens is 1. The number of non-ortho nitro benzene ring substituents is 1. The van der Waals surface area contributed by atoms with Crippen LogP contribution in [0.25, 0.3) is 0 Å². The van der Waals surface area contributed by atoms with Gasteiger partial charge in [-0.15, -0.1) is 0 Å². The van der Waals surface area contributed by atoms with Gasteiger partial charge in [-0.3, -0.25) is 10.1 Å².